The molecule has 5 fully saturated rings. The summed E-state index contributed by atoms with van der Waals surface area (Å²) in [5.74, 6) is 1.64. The van der Waals surface area contributed by atoms with Gasteiger partial charge < -0.3 is 25.1 Å². The zero-order chi connectivity index (χ0) is 26.8. The van der Waals surface area contributed by atoms with Crippen molar-refractivity contribution in [2.24, 2.45) is 40.2 Å². The summed E-state index contributed by atoms with van der Waals surface area (Å²) in [7, 11) is 0. The van der Waals surface area contributed by atoms with Crippen LogP contribution >= 0.6 is 0 Å². The Hall–Kier alpha value is -1.70. The Balaban J connectivity index is 0.000000270. The lowest BCUT2D eigenvalue weighted by atomic mass is 9.44. The van der Waals surface area contributed by atoms with Gasteiger partial charge in [0.25, 0.3) is 0 Å². The fourth-order valence-electron chi connectivity index (χ4n) is 9.24. The maximum absolute atomic E-state index is 11.4. The number of epoxide rings is 1. The molecule has 0 amide bonds. The van der Waals surface area contributed by atoms with Crippen LogP contribution in [0.3, 0.4) is 0 Å². The molecule has 206 valence electrons. The van der Waals surface area contributed by atoms with Gasteiger partial charge in [0, 0.05) is 11.5 Å². The molecule has 0 radical (unpaired) electrons. The number of carboxylic acids is 1. The number of rotatable bonds is 4. The fraction of sp³-hybridized carbons (Fsp3) is 0.800. The second-order valence-corrected chi connectivity index (χ2v) is 13.2. The number of carboxylic acid groups (broad SMARTS) is 1. The van der Waals surface area contributed by atoms with Crippen LogP contribution in [0.25, 0.3) is 0 Å². The average molecular weight is 516 g/mol. The number of ether oxygens (including phenoxy) is 1. The van der Waals surface area contributed by atoms with Crippen LogP contribution in [0.1, 0.15) is 97.0 Å². The first-order valence-electron chi connectivity index (χ1n) is 14.4. The third kappa shape index (κ3) is 4.11. The van der Waals surface area contributed by atoms with Gasteiger partial charge in [-0.25, -0.2) is 4.79 Å². The van der Waals surface area contributed by atoms with Crippen LogP contribution in [-0.2, 0) is 9.53 Å². The van der Waals surface area contributed by atoms with Gasteiger partial charge in [-0.3, -0.25) is 4.79 Å². The molecule has 1 aromatic heterocycles. The maximum Gasteiger partial charge on any atom is 0.335 e. The number of fused-ring (bicyclic) bond motifs is 3. The van der Waals surface area contributed by atoms with E-state index in [1.807, 2.05) is 19.9 Å². The van der Waals surface area contributed by atoms with E-state index in [-0.39, 0.29) is 28.7 Å². The first-order valence-corrected chi connectivity index (χ1v) is 14.4. The molecule has 7 nitrogen and oxygen atoms in total. The highest BCUT2D eigenvalue weighted by Gasteiger charge is 2.80. The summed E-state index contributed by atoms with van der Waals surface area (Å²) in [5.41, 5.74) is 6.71. The van der Waals surface area contributed by atoms with Crippen molar-refractivity contribution in [1.29, 1.82) is 0 Å². The van der Waals surface area contributed by atoms with E-state index < -0.39 is 12.0 Å². The predicted octanol–water partition coefficient (Wildman–Crippen LogP) is 4.70. The summed E-state index contributed by atoms with van der Waals surface area (Å²) < 4.78 is 11.8. The Kier molecular flexibility index (Phi) is 6.90. The summed E-state index contributed by atoms with van der Waals surface area (Å²) in [5, 5.41) is 18.6. The summed E-state index contributed by atoms with van der Waals surface area (Å²) in [6.45, 7) is 8.73. The fourth-order valence-corrected chi connectivity index (χ4v) is 9.24. The molecule has 1 aliphatic heterocycles. The molecule has 5 aliphatic rings. The van der Waals surface area contributed by atoms with Crippen molar-refractivity contribution in [3.8, 4) is 0 Å². The zero-order valence-electron chi connectivity index (χ0n) is 22.8. The first kappa shape index (κ1) is 26.9. The molecular weight excluding hydrogens is 470 g/mol. The van der Waals surface area contributed by atoms with E-state index >= 15 is 0 Å². The van der Waals surface area contributed by atoms with Crippen LogP contribution in [0.4, 0.5) is 0 Å². The molecule has 1 aromatic rings. The van der Waals surface area contributed by atoms with Gasteiger partial charge in [0.05, 0.1) is 18.5 Å². The Morgan fingerprint density at radius 2 is 1.89 bits per heavy atom. The lowest BCUT2D eigenvalue weighted by Gasteiger charge is -2.61. The lowest BCUT2D eigenvalue weighted by Crippen LogP contribution is -2.58. The van der Waals surface area contributed by atoms with Crippen molar-refractivity contribution < 1.29 is 24.2 Å². The van der Waals surface area contributed by atoms with Crippen molar-refractivity contribution >= 4 is 5.97 Å². The van der Waals surface area contributed by atoms with E-state index in [9.17, 15) is 14.7 Å². The van der Waals surface area contributed by atoms with Gasteiger partial charge in [0.2, 0.25) is 0 Å². The van der Waals surface area contributed by atoms with Crippen molar-refractivity contribution in [1.82, 2.24) is 0 Å². The Morgan fingerprint density at radius 3 is 2.51 bits per heavy atom. The standard InChI is InChI=1S/C24H32O4.C6H13NO2/c1-22-9-7-16(25)11-15(22)4-5-18-17(22)8-10-23(2)19(12-20-24(18,23)28-20)14-3-6-21(26)27-13-14;1-3-4(2)5(7)6(8)9/h3,6,13,15-20,25H,4-5,7-12H2,1-2H3;4-5H,3,7H2,1-2H3,(H,8,9)/t15-,16+,17+,18-,19-,20-,22+,23-,24-;4-,5-/m10/s1. The molecule has 2 heterocycles. The Bertz CT molecular complexity index is 1050. The molecule has 4 N–H and O–H groups in total. The first-order chi connectivity index (χ1) is 17.5. The van der Waals surface area contributed by atoms with E-state index in [0.29, 0.717) is 29.3 Å². The molecule has 4 aliphatic carbocycles. The molecule has 0 bridgehead atoms. The number of aliphatic carboxylic acids is 1. The van der Waals surface area contributed by atoms with E-state index in [2.05, 4.69) is 13.8 Å². The highest BCUT2D eigenvalue weighted by Crippen LogP contribution is 2.77. The third-order valence-corrected chi connectivity index (χ3v) is 11.7. The molecule has 11 atom stereocenters. The van der Waals surface area contributed by atoms with Crippen molar-refractivity contribution in [2.45, 2.75) is 115 Å². The van der Waals surface area contributed by atoms with Crippen molar-refractivity contribution in [2.75, 3.05) is 0 Å². The van der Waals surface area contributed by atoms with Crippen LogP contribution in [0.15, 0.2) is 27.6 Å². The van der Waals surface area contributed by atoms with E-state index in [1.165, 1.54) is 37.7 Å². The Labute approximate surface area is 220 Å². The zero-order valence-corrected chi connectivity index (χ0v) is 22.8. The SMILES string of the molecule is CC[C@H](C)[C@H](N)C(=O)O.C[C@]12CC[C@H](O)C[C@H]1CC[C@@H]1[C@@H]2CC[C@]2(C)[C@@H](c3ccc(=O)oc3)C[C@H]3O[C@]132. The van der Waals surface area contributed by atoms with E-state index in [1.54, 1.807) is 12.3 Å². The quantitative estimate of drug-likeness (QED) is 0.496. The summed E-state index contributed by atoms with van der Waals surface area (Å²) >= 11 is 0. The second kappa shape index (κ2) is 9.49. The van der Waals surface area contributed by atoms with Gasteiger partial charge in [-0.1, -0.05) is 34.1 Å². The minimum Gasteiger partial charge on any atom is -0.480 e. The number of aliphatic hydroxyl groups excluding tert-OH is 1. The minimum absolute atomic E-state index is 0.0285. The van der Waals surface area contributed by atoms with Gasteiger partial charge in [-0.2, -0.15) is 0 Å². The summed E-state index contributed by atoms with van der Waals surface area (Å²) in [4.78, 5) is 21.6. The van der Waals surface area contributed by atoms with Crippen LogP contribution in [-0.4, -0.2) is 40.0 Å². The number of hydrogen-bond donors (Lipinski definition) is 3. The summed E-state index contributed by atoms with van der Waals surface area (Å²) in [6.07, 6.45) is 12.0. The van der Waals surface area contributed by atoms with Gasteiger partial charge in [-0.05, 0) is 98.0 Å². The molecule has 6 rings (SSSR count). The van der Waals surface area contributed by atoms with Crippen LogP contribution in [0.5, 0.6) is 0 Å². The Morgan fingerprint density at radius 1 is 1.14 bits per heavy atom. The topological polar surface area (TPSA) is 126 Å². The van der Waals surface area contributed by atoms with E-state index in [0.717, 1.165) is 31.6 Å². The minimum atomic E-state index is -0.913. The van der Waals surface area contributed by atoms with Gasteiger partial charge >= 0.3 is 11.6 Å². The smallest absolute Gasteiger partial charge is 0.335 e. The number of nitrogens with two attached hydrogens (primary N) is 1. The van der Waals surface area contributed by atoms with Crippen LogP contribution in [0.2, 0.25) is 0 Å². The molecule has 7 heteroatoms. The molecule has 0 aromatic carbocycles. The molecule has 0 unspecified atom stereocenters. The summed E-state index contributed by atoms with van der Waals surface area (Å²) in [6, 6.07) is 2.85. The largest absolute Gasteiger partial charge is 0.480 e. The predicted molar refractivity (Wildman–Crippen MR) is 140 cm³/mol. The van der Waals surface area contributed by atoms with Gasteiger partial charge in [0.15, 0.2) is 0 Å². The normalized spacial score (nSPS) is 45.1. The number of aliphatic hydroxyl groups is 1. The van der Waals surface area contributed by atoms with Crippen LogP contribution in [0, 0.1) is 34.5 Å². The molecule has 37 heavy (non-hydrogen) atoms. The highest BCUT2D eigenvalue weighted by molar-refractivity contribution is 5.73. The van der Waals surface area contributed by atoms with Crippen molar-refractivity contribution in [3.05, 3.63) is 34.4 Å². The average Bonchev–Trinajstić information content (AvgIpc) is 3.54. The molecule has 1 saturated heterocycles. The lowest BCUT2D eigenvalue weighted by molar-refractivity contribution is -0.139. The molecule has 1 spiro atoms. The van der Waals surface area contributed by atoms with Crippen LogP contribution < -0.4 is 11.4 Å². The van der Waals surface area contributed by atoms with Crippen molar-refractivity contribution in [3.63, 3.8) is 0 Å². The molecular formula is C30H45NO6. The van der Waals surface area contributed by atoms with E-state index in [4.69, 9.17) is 20.0 Å². The third-order valence-electron chi connectivity index (χ3n) is 11.7. The monoisotopic (exact) mass is 515 g/mol. The molecule has 4 saturated carbocycles. The number of carbonyl (C=O) groups is 1. The van der Waals surface area contributed by atoms with Gasteiger partial charge in [0.1, 0.15) is 11.6 Å². The maximum atomic E-state index is 11.4. The number of hydrogen-bond acceptors (Lipinski definition) is 6. The second-order valence-electron chi connectivity index (χ2n) is 13.2. The van der Waals surface area contributed by atoms with Gasteiger partial charge in [-0.15, -0.1) is 0 Å². The highest BCUT2D eigenvalue weighted by atomic mass is 16.6.